The summed E-state index contributed by atoms with van der Waals surface area (Å²) in [5, 5.41) is 3.71. The molecule has 1 aliphatic rings. The van der Waals surface area contributed by atoms with Crippen molar-refractivity contribution in [3.8, 4) is 0 Å². The summed E-state index contributed by atoms with van der Waals surface area (Å²) < 4.78 is 1.45. The lowest BCUT2D eigenvalue weighted by atomic mass is 10.1. The molecule has 30 heavy (non-hydrogen) atoms. The number of unbranched alkanes of at least 4 members (excludes halogenated alkanes) is 1. The zero-order valence-corrected chi connectivity index (χ0v) is 18.6. The maximum absolute atomic E-state index is 12.9. The quantitative estimate of drug-likeness (QED) is 0.582. The van der Waals surface area contributed by atoms with Gasteiger partial charge in [0.05, 0.1) is 0 Å². The molecule has 0 radical (unpaired) electrons. The fourth-order valence-corrected chi connectivity index (χ4v) is 4.37. The summed E-state index contributed by atoms with van der Waals surface area (Å²) in [4.78, 5) is 29.5. The van der Waals surface area contributed by atoms with Gasteiger partial charge < -0.3 is 16.0 Å². The van der Waals surface area contributed by atoms with Crippen molar-refractivity contribution in [2.45, 2.75) is 71.4 Å². The van der Waals surface area contributed by atoms with E-state index >= 15 is 0 Å². The number of thiocarbonyl (C=S) groups is 1. The number of H-pyrrole nitrogens is 1. The first kappa shape index (κ1) is 22.1. The third-order valence-electron chi connectivity index (χ3n) is 5.69. The molecule has 0 atom stereocenters. The van der Waals surface area contributed by atoms with Gasteiger partial charge >= 0.3 is 5.69 Å². The lowest BCUT2D eigenvalue weighted by molar-refractivity contribution is 0.601. The summed E-state index contributed by atoms with van der Waals surface area (Å²) in [6.07, 6.45) is 6.62. The summed E-state index contributed by atoms with van der Waals surface area (Å²) in [5.74, 6) is 0.176. The van der Waals surface area contributed by atoms with E-state index in [1.54, 1.807) is 0 Å². The van der Waals surface area contributed by atoms with Crippen LogP contribution in [0.1, 0.15) is 57.9 Å². The van der Waals surface area contributed by atoms with Crippen LogP contribution in [0.25, 0.3) is 0 Å². The van der Waals surface area contributed by atoms with Crippen LogP contribution in [-0.4, -0.2) is 20.7 Å². The molecule has 162 valence electrons. The predicted molar refractivity (Wildman–Crippen MR) is 127 cm³/mol. The normalized spacial score (nSPS) is 14.1. The zero-order chi connectivity index (χ0) is 21.7. The van der Waals surface area contributed by atoms with Crippen LogP contribution in [0.4, 0.5) is 17.2 Å². The summed E-state index contributed by atoms with van der Waals surface area (Å²) in [7, 11) is 0. The highest BCUT2D eigenvalue weighted by Gasteiger charge is 2.31. The van der Waals surface area contributed by atoms with Gasteiger partial charge in [0.1, 0.15) is 5.82 Å². The van der Waals surface area contributed by atoms with Crippen molar-refractivity contribution < 1.29 is 0 Å². The number of hydrogen-bond acceptors (Lipinski definition) is 4. The average molecular weight is 430 g/mol. The Bertz CT molecular complexity index is 1010. The summed E-state index contributed by atoms with van der Waals surface area (Å²) in [5.41, 5.74) is 7.74. The Kier molecular flexibility index (Phi) is 7.31. The number of rotatable bonds is 7. The van der Waals surface area contributed by atoms with Gasteiger partial charge in [0, 0.05) is 18.3 Å². The van der Waals surface area contributed by atoms with Gasteiger partial charge in [-0.05, 0) is 55.6 Å². The van der Waals surface area contributed by atoms with Gasteiger partial charge in [0.25, 0.3) is 5.56 Å². The molecule has 1 heterocycles. The molecule has 0 amide bonds. The standard InChI is InChI=1S/C22H31N5O2S/c1-3-5-13-26-19(23)18(20(28)25-21(26)29)27(17-11-6-7-12-17)22(30)24-16-10-8-9-15(4-2)14-16/h8-10,14,17H,3-7,11-13,23H2,1-2H3,(H,24,30)(H,25,28,29). The molecule has 3 rings (SSSR count). The number of nitrogen functional groups attached to an aromatic ring is 1. The number of aromatic amines is 1. The fraction of sp³-hybridized carbons (Fsp3) is 0.500. The van der Waals surface area contributed by atoms with Crippen LogP contribution in [0.15, 0.2) is 33.9 Å². The molecule has 0 aliphatic heterocycles. The molecule has 1 aromatic heterocycles. The number of aromatic nitrogens is 2. The minimum absolute atomic E-state index is 0.0693. The van der Waals surface area contributed by atoms with Crippen LogP contribution in [0, 0.1) is 0 Å². The Morgan fingerprint density at radius 3 is 2.70 bits per heavy atom. The van der Waals surface area contributed by atoms with Gasteiger partial charge in [0.15, 0.2) is 10.8 Å². The molecule has 8 heteroatoms. The highest BCUT2D eigenvalue weighted by atomic mass is 32.1. The summed E-state index contributed by atoms with van der Waals surface area (Å²) in [6, 6.07) is 8.12. The molecule has 0 saturated heterocycles. The number of nitrogens with two attached hydrogens (primary N) is 1. The number of nitrogens with zero attached hydrogens (tertiary/aromatic N) is 2. The van der Waals surface area contributed by atoms with Crippen molar-refractivity contribution in [3.63, 3.8) is 0 Å². The number of nitrogens with one attached hydrogen (secondary N) is 2. The Morgan fingerprint density at radius 1 is 1.30 bits per heavy atom. The summed E-state index contributed by atoms with van der Waals surface area (Å²) in [6.45, 7) is 4.60. The minimum Gasteiger partial charge on any atom is -0.383 e. The molecule has 0 spiro atoms. The van der Waals surface area contributed by atoms with E-state index in [2.05, 4.69) is 29.4 Å². The molecule has 1 fully saturated rings. The third-order valence-corrected chi connectivity index (χ3v) is 5.98. The lowest BCUT2D eigenvalue weighted by Crippen LogP contribution is -2.47. The van der Waals surface area contributed by atoms with Crippen LogP contribution in [0.3, 0.4) is 0 Å². The van der Waals surface area contributed by atoms with E-state index in [-0.39, 0.29) is 17.5 Å². The molecule has 4 N–H and O–H groups in total. The van der Waals surface area contributed by atoms with Crippen LogP contribution in [0.2, 0.25) is 0 Å². The first-order valence-corrected chi connectivity index (χ1v) is 11.2. The minimum atomic E-state index is -0.497. The lowest BCUT2D eigenvalue weighted by Gasteiger charge is -2.32. The molecule has 1 aromatic carbocycles. The van der Waals surface area contributed by atoms with E-state index in [4.69, 9.17) is 18.0 Å². The third kappa shape index (κ3) is 4.75. The van der Waals surface area contributed by atoms with Crippen molar-refractivity contribution >= 4 is 34.5 Å². The maximum atomic E-state index is 12.9. The first-order valence-electron chi connectivity index (χ1n) is 10.8. The second-order valence-corrected chi connectivity index (χ2v) is 8.18. The van der Waals surface area contributed by atoms with Gasteiger partial charge in [-0.15, -0.1) is 0 Å². The van der Waals surface area contributed by atoms with Crippen molar-refractivity contribution in [1.29, 1.82) is 0 Å². The second-order valence-electron chi connectivity index (χ2n) is 7.79. The van der Waals surface area contributed by atoms with Crippen molar-refractivity contribution in [3.05, 3.63) is 50.7 Å². The topological polar surface area (TPSA) is 96.2 Å². The van der Waals surface area contributed by atoms with Gasteiger partial charge in [-0.1, -0.05) is 45.2 Å². The van der Waals surface area contributed by atoms with Gasteiger partial charge in [-0.2, -0.15) is 0 Å². The SMILES string of the molecule is CCCCn1c(N)c(N(C(=S)Nc2cccc(CC)c2)C2CCCC2)c(=O)[nH]c1=O. The van der Waals surface area contributed by atoms with Crippen LogP contribution < -0.4 is 27.2 Å². The Hall–Kier alpha value is -2.61. The molecular formula is C22H31N5O2S. The van der Waals surface area contributed by atoms with E-state index in [0.717, 1.165) is 50.6 Å². The zero-order valence-electron chi connectivity index (χ0n) is 17.7. The van der Waals surface area contributed by atoms with Crippen molar-refractivity contribution in [2.24, 2.45) is 0 Å². The number of anilines is 3. The second kappa shape index (κ2) is 9.93. The number of hydrogen-bond donors (Lipinski definition) is 3. The smallest absolute Gasteiger partial charge is 0.330 e. The molecule has 0 bridgehead atoms. The van der Waals surface area contributed by atoms with Gasteiger partial charge in [-0.25, -0.2) is 4.79 Å². The monoisotopic (exact) mass is 429 g/mol. The molecule has 7 nitrogen and oxygen atoms in total. The molecular weight excluding hydrogens is 398 g/mol. The average Bonchev–Trinajstić information content (AvgIpc) is 3.25. The highest BCUT2D eigenvalue weighted by molar-refractivity contribution is 7.80. The van der Waals surface area contributed by atoms with Crippen LogP contribution in [-0.2, 0) is 13.0 Å². The number of aryl methyl sites for hydroxylation is 1. The van der Waals surface area contributed by atoms with Crippen molar-refractivity contribution in [1.82, 2.24) is 9.55 Å². The Morgan fingerprint density at radius 2 is 2.03 bits per heavy atom. The van der Waals surface area contributed by atoms with Gasteiger partial charge in [-0.3, -0.25) is 14.3 Å². The highest BCUT2D eigenvalue weighted by Crippen LogP contribution is 2.30. The fourth-order valence-electron chi connectivity index (χ4n) is 4.01. The largest absolute Gasteiger partial charge is 0.383 e. The van der Waals surface area contributed by atoms with E-state index in [1.807, 2.05) is 24.0 Å². The van der Waals surface area contributed by atoms with Crippen LogP contribution in [0.5, 0.6) is 0 Å². The van der Waals surface area contributed by atoms with E-state index in [1.165, 1.54) is 10.1 Å². The van der Waals surface area contributed by atoms with Crippen LogP contribution >= 0.6 is 12.2 Å². The van der Waals surface area contributed by atoms with Crippen molar-refractivity contribution in [2.75, 3.05) is 16.0 Å². The molecule has 0 unspecified atom stereocenters. The molecule has 1 aliphatic carbocycles. The first-order chi connectivity index (χ1) is 14.5. The molecule has 2 aromatic rings. The number of benzene rings is 1. The van der Waals surface area contributed by atoms with E-state index in [9.17, 15) is 9.59 Å². The van der Waals surface area contributed by atoms with E-state index < -0.39 is 11.2 Å². The maximum Gasteiger partial charge on any atom is 0.330 e. The van der Waals surface area contributed by atoms with E-state index in [0.29, 0.717) is 11.7 Å². The Balaban J connectivity index is 2.03. The molecule has 1 saturated carbocycles. The predicted octanol–water partition coefficient (Wildman–Crippen LogP) is 3.63. The summed E-state index contributed by atoms with van der Waals surface area (Å²) >= 11 is 5.76. The Labute approximate surface area is 182 Å². The van der Waals surface area contributed by atoms with Gasteiger partial charge in [0.2, 0.25) is 0 Å².